The molecular weight excluding hydrogens is 284 g/mol. The highest BCUT2D eigenvalue weighted by molar-refractivity contribution is 7.89. The fourth-order valence-electron chi connectivity index (χ4n) is 2.09. The number of nitrogens with one attached hydrogen (secondary N) is 2. The van der Waals surface area contributed by atoms with Crippen molar-refractivity contribution in [2.75, 3.05) is 18.9 Å². The molecule has 0 unspecified atom stereocenters. The van der Waals surface area contributed by atoms with E-state index in [1.54, 1.807) is 31.3 Å². The molecule has 0 aliphatic rings. The van der Waals surface area contributed by atoms with Crippen LogP contribution < -0.4 is 10.0 Å². The van der Waals surface area contributed by atoms with Crippen LogP contribution in [0.1, 0.15) is 11.1 Å². The van der Waals surface area contributed by atoms with Gasteiger partial charge in [0, 0.05) is 19.3 Å². The molecule has 0 aromatic heterocycles. The fourth-order valence-corrected chi connectivity index (χ4v) is 3.13. The number of rotatable bonds is 6. The molecule has 4 nitrogen and oxygen atoms in total. The van der Waals surface area contributed by atoms with Crippen LogP contribution in [-0.4, -0.2) is 22.0 Å². The smallest absolute Gasteiger partial charge is 0.240 e. The van der Waals surface area contributed by atoms with Gasteiger partial charge in [0.15, 0.2) is 0 Å². The quantitative estimate of drug-likeness (QED) is 0.862. The molecule has 0 amide bonds. The van der Waals surface area contributed by atoms with Crippen LogP contribution in [0.2, 0.25) is 0 Å². The molecule has 0 aliphatic carbocycles. The van der Waals surface area contributed by atoms with Gasteiger partial charge in [0.2, 0.25) is 10.0 Å². The average molecular weight is 304 g/mol. The van der Waals surface area contributed by atoms with Crippen LogP contribution in [0.4, 0.5) is 5.69 Å². The largest absolute Gasteiger partial charge is 0.388 e. The van der Waals surface area contributed by atoms with E-state index in [1.807, 2.05) is 31.2 Å². The monoisotopic (exact) mass is 304 g/mol. The van der Waals surface area contributed by atoms with Gasteiger partial charge in [-0.1, -0.05) is 24.3 Å². The molecule has 0 bridgehead atoms. The van der Waals surface area contributed by atoms with E-state index in [2.05, 4.69) is 10.0 Å². The van der Waals surface area contributed by atoms with Crippen molar-refractivity contribution < 1.29 is 8.42 Å². The lowest BCUT2D eigenvalue weighted by Gasteiger charge is -2.09. The molecule has 2 aromatic rings. The Kier molecular flexibility index (Phi) is 4.98. The van der Waals surface area contributed by atoms with Gasteiger partial charge in [-0.05, 0) is 48.7 Å². The maximum absolute atomic E-state index is 12.2. The highest BCUT2D eigenvalue weighted by Crippen LogP contribution is 2.13. The zero-order valence-corrected chi connectivity index (χ0v) is 13.1. The molecule has 2 N–H and O–H groups in total. The van der Waals surface area contributed by atoms with E-state index in [4.69, 9.17) is 0 Å². The summed E-state index contributed by atoms with van der Waals surface area (Å²) in [6, 6.07) is 14.7. The summed E-state index contributed by atoms with van der Waals surface area (Å²) in [5, 5.41) is 2.96. The second-order valence-corrected chi connectivity index (χ2v) is 6.62. The van der Waals surface area contributed by atoms with Crippen molar-refractivity contribution in [3.8, 4) is 0 Å². The van der Waals surface area contributed by atoms with Gasteiger partial charge in [0.1, 0.15) is 0 Å². The Balaban J connectivity index is 1.99. The summed E-state index contributed by atoms with van der Waals surface area (Å²) in [6.45, 7) is 2.42. The van der Waals surface area contributed by atoms with Gasteiger partial charge in [0.05, 0.1) is 4.90 Å². The van der Waals surface area contributed by atoms with E-state index in [-0.39, 0.29) is 4.90 Å². The molecule has 2 aromatic carbocycles. The Bertz CT molecular complexity index is 694. The lowest BCUT2D eigenvalue weighted by molar-refractivity contribution is 0.581. The van der Waals surface area contributed by atoms with Crippen LogP contribution in [0, 0.1) is 6.92 Å². The van der Waals surface area contributed by atoms with Crippen molar-refractivity contribution >= 4 is 15.7 Å². The number of benzene rings is 2. The Hall–Kier alpha value is -1.85. The number of hydrogen-bond acceptors (Lipinski definition) is 3. The molecule has 5 heteroatoms. The minimum absolute atomic E-state index is 0.284. The van der Waals surface area contributed by atoms with Crippen molar-refractivity contribution in [3.05, 3.63) is 59.7 Å². The summed E-state index contributed by atoms with van der Waals surface area (Å²) in [6.07, 6.45) is 0.681. The zero-order chi connectivity index (χ0) is 15.3. The van der Waals surface area contributed by atoms with Gasteiger partial charge in [-0.2, -0.15) is 0 Å². The molecule has 2 rings (SSSR count). The molecule has 0 aliphatic heterocycles. The highest BCUT2D eigenvalue weighted by atomic mass is 32.2. The van der Waals surface area contributed by atoms with E-state index in [0.717, 1.165) is 11.3 Å². The molecular formula is C16H20N2O2S. The minimum atomic E-state index is -3.45. The van der Waals surface area contributed by atoms with Gasteiger partial charge in [-0.3, -0.25) is 0 Å². The van der Waals surface area contributed by atoms with E-state index in [9.17, 15) is 8.42 Å². The third kappa shape index (κ3) is 4.06. The molecule has 0 radical (unpaired) electrons. The summed E-state index contributed by atoms with van der Waals surface area (Å²) in [5.41, 5.74) is 3.22. The minimum Gasteiger partial charge on any atom is -0.388 e. The maximum atomic E-state index is 12.2. The molecule has 0 saturated heterocycles. The van der Waals surface area contributed by atoms with Crippen molar-refractivity contribution in [1.82, 2.24) is 4.72 Å². The third-order valence-electron chi connectivity index (χ3n) is 3.40. The van der Waals surface area contributed by atoms with Crippen molar-refractivity contribution in [3.63, 3.8) is 0 Å². The first-order valence-electron chi connectivity index (χ1n) is 6.85. The number of sulfonamides is 1. The lowest BCUT2D eigenvalue weighted by atomic mass is 10.1. The summed E-state index contributed by atoms with van der Waals surface area (Å²) >= 11 is 0. The van der Waals surface area contributed by atoms with Gasteiger partial charge in [-0.15, -0.1) is 0 Å². The van der Waals surface area contributed by atoms with Crippen LogP contribution in [0.3, 0.4) is 0 Å². The standard InChI is InChI=1S/C16H20N2O2S/c1-13-5-3-4-6-14(13)11-12-18-21(19,20)16-9-7-15(17-2)8-10-16/h3-10,17-18H,11-12H2,1-2H3. The number of anilines is 1. The predicted molar refractivity (Wildman–Crippen MR) is 86.1 cm³/mol. The van der Waals surface area contributed by atoms with E-state index in [0.29, 0.717) is 13.0 Å². The molecule has 0 atom stereocenters. The normalized spacial score (nSPS) is 11.3. The Morgan fingerprint density at radius 3 is 2.29 bits per heavy atom. The van der Waals surface area contributed by atoms with Gasteiger partial charge in [-0.25, -0.2) is 13.1 Å². The highest BCUT2D eigenvalue weighted by Gasteiger charge is 2.13. The van der Waals surface area contributed by atoms with Crippen LogP contribution >= 0.6 is 0 Å². The molecule has 0 saturated carbocycles. The van der Waals surface area contributed by atoms with Crippen LogP contribution in [-0.2, 0) is 16.4 Å². The first kappa shape index (κ1) is 15.5. The predicted octanol–water partition coefficient (Wildman–Crippen LogP) is 2.56. The average Bonchev–Trinajstić information content (AvgIpc) is 2.49. The topological polar surface area (TPSA) is 58.2 Å². The second-order valence-electron chi connectivity index (χ2n) is 4.85. The van der Waals surface area contributed by atoms with E-state index < -0.39 is 10.0 Å². The van der Waals surface area contributed by atoms with Gasteiger partial charge < -0.3 is 5.32 Å². The zero-order valence-electron chi connectivity index (χ0n) is 12.3. The molecule has 0 heterocycles. The Morgan fingerprint density at radius 1 is 1.00 bits per heavy atom. The summed E-state index contributed by atoms with van der Waals surface area (Å²) in [5.74, 6) is 0. The second kappa shape index (κ2) is 6.74. The molecule has 0 fully saturated rings. The number of hydrogen-bond donors (Lipinski definition) is 2. The van der Waals surface area contributed by atoms with Crippen molar-refractivity contribution in [2.45, 2.75) is 18.2 Å². The Morgan fingerprint density at radius 2 is 1.67 bits per heavy atom. The molecule has 0 spiro atoms. The van der Waals surface area contributed by atoms with Gasteiger partial charge in [0.25, 0.3) is 0 Å². The Labute approximate surface area is 126 Å². The summed E-state index contributed by atoms with van der Waals surface area (Å²) in [4.78, 5) is 0.284. The first-order valence-corrected chi connectivity index (χ1v) is 8.33. The molecule has 21 heavy (non-hydrogen) atoms. The third-order valence-corrected chi connectivity index (χ3v) is 4.88. The summed E-state index contributed by atoms with van der Waals surface area (Å²) < 4.78 is 27.0. The number of aryl methyl sites for hydroxylation is 1. The van der Waals surface area contributed by atoms with E-state index >= 15 is 0 Å². The first-order chi connectivity index (χ1) is 10.0. The fraction of sp³-hybridized carbons (Fsp3) is 0.250. The van der Waals surface area contributed by atoms with E-state index in [1.165, 1.54) is 5.56 Å². The SMILES string of the molecule is CNc1ccc(S(=O)(=O)NCCc2ccccc2C)cc1. The lowest BCUT2D eigenvalue weighted by Crippen LogP contribution is -2.26. The van der Waals surface area contributed by atoms with Crippen molar-refractivity contribution in [2.24, 2.45) is 0 Å². The summed E-state index contributed by atoms with van der Waals surface area (Å²) in [7, 11) is -1.65. The van der Waals surface area contributed by atoms with Crippen LogP contribution in [0.25, 0.3) is 0 Å². The molecule has 112 valence electrons. The maximum Gasteiger partial charge on any atom is 0.240 e. The van der Waals surface area contributed by atoms with Gasteiger partial charge >= 0.3 is 0 Å². The van der Waals surface area contributed by atoms with Crippen molar-refractivity contribution in [1.29, 1.82) is 0 Å². The van der Waals surface area contributed by atoms with Crippen LogP contribution in [0.5, 0.6) is 0 Å². The van der Waals surface area contributed by atoms with Crippen LogP contribution in [0.15, 0.2) is 53.4 Å².